The number of nitrogens with zero attached hydrogens (tertiary/aromatic N) is 1. The van der Waals surface area contributed by atoms with Crippen LogP contribution in [-0.4, -0.2) is 30.1 Å². The van der Waals surface area contributed by atoms with Crippen molar-refractivity contribution >= 4 is 0 Å². The third-order valence-corrected chi connectivity index (χ3v) is 4.10. The van der Waals surface area contributed by atoms with Crippen molar-refractivity contribution in [3.05, 3.63) is 0 Å². The Bertz CT molecular complexity index is 211. The van der Waals surface area contributed by atoms with E-state index >= 15 is 0 Å². The summed E-state index contributed by atoms with van der Waals surface area (Å²) in [6.07, 6.45) is 8.22. The molecule has 0 heterocycles. The highest BCUT2D eigenvalue weighted by Crippen LogP contribution is 2.31. The highest BCUT2D eigenvalue weighted by Gasteiger charge is 2.32. The minimum absolute atomic E-state index is 0.474. The van der Waals surface area contributed by atoms with Gasteiger partial charge in [0, 0.05) is 25.2 Å². The molecular formula is C14H28N2. The summed E-state index contributed by atoms with van der Waals surface area (Å²) >= 11 is 0. The van der Waals surface area contributed by atoms with Gasteiger partial charge in [-0.25, -0.2) is 0 Å². The second kappa shape index (κ2) is 5.50. The number of nitrogens with two attached hydrogens (primary N) is 1. The summed E-state index contributed by atoms with van der Waals surface area (Å²) in [5, 5.41) is 0. The summed E-state index contributed by atoms with van der Waals surface area (Å²) in [5.74, 6) is 1.56. The molecule has 2 rings (SSSR count). The van der Waals surface area contributed by atoms with Crippen molar-refractivity contribution in [3.8, 4) is 0 Å². The van der Waals surface area contributed by atoms with Gasteiger partial charge < -0.3 is 5.73 Å². The molecule has 0 aromatic carbocycles. The van der Waals surface area contributed by atoms with Crippen LogP contribution < -0.4 is 5.73 Å². The summed E-state index contributed by atoms with van der Waals surface area (Å²) < 4.78 is 0. The minimum atomic E-state index is 0.474. The SMILES string of the molecule is CC(C)CN(CC1CCCCC1N)C1CC1. The van der Waals surface area contributed by atoms with E-state index in [1.54, 1.807) is 0 Å². The summed E-state index contributed by atoms with van der Waals surface area (Å²) in [5.41, 5.74) is 6.25. The molecule has 2 aliphatic rings. The van der Waals surface area contributed by atoms with Crippen LogP contribution in [0.15, 0.2) is 0 Å². The van der Waals surface area contributed by atoms with E-state index in [9.17, 15) is 0 Å². The fraction of sp³-hybridized carbons (Fsp3) is 1.00. The Labute approximate surface area is 101 Å². The van der Waals surface area contributed by atoms with E-state index in [0.29, 0.717) is 6.04 Å². The highest BCUT2D eigenvalue weighted by atomic mass is 15.2. The molecule has 0 bridgehead atoms. The maximum absolute atomic E-state index is 6.25. The molecule has 2 nitrogen and oxygen atoms in total. The third kappa shape index (κ3) is 3.46. The van der Waals surface area contributed by atoms with E-state index in [-0.39, 0.29) is 0 Å². The van der Waals surface area contributed by atoms with Gasteiger partial charge >= 0.3 is 0 Å². The predicted molar refractivity (Wildman–Crippen MR) is 69.4 cm³/mol. The minimum Gasteiger partial charge on any atom is -0.327 e. The predicted octanol–water partition coefficient (Wildman–Crippen LogP) is 2.62. The van der Waals surface area contributed by atoms with Crippen LogP contribution in [0, 0.1) is 11.8 Å². The molecule has 0 amide bonds. The van der Waals surface area contributed by atoms with E-state index in [2.05, 4.69) is 18.7 Å². The Hall–Kier alpha value is -0.0800. The van der Waals surface area contributed by atoms with Crippen molar-refractivity contribution in [3.63, 3.8) is 0 Å². The molecule has 2 fully saturated rings. The Morgan fingerprint density at radius 1 is 1.12 bits per heavy atom. The van der Waals surface area contributed by atoms with Gasteiger partial charge in [-0.05, 0) is 37.5 Å². The maximum Gasteiger partial charge on any atom is 0.00966 e. The van der Waals surface area contributed by atoms with Gasteiger partial charge in [-0.2, -0.15) is 0 Å². The van der Waals surface area contributed by atoms with Gasteiger partial charge in [0.25, 0.3) is 0 Å². The fourth-order valence-corrected chi connectivity index (χ4v) is 3.05. The van der Waals surface area contributed by atoms with Crippen molar-refractivity contribution < 1.29 is 0 Å². The molecule has 2 saturated carbocycles. The first-order valence-corrected chi connectivity index (χ1v) is 7.16. The molecule has 0 aliphatic heterocycles. The Kier molecular flexibility index (Phi) is 4.26. The molecular weight excluding hydrogens is 196 g/mol. The molecule has 2 atom stereocenters. The molecule has 0 aromatic rings. The van der Waals surface area contributed by atoms with E-state index in [1.807, 2.05) is 0 Å². The topological polar surface area (TPSA) is 29.3 Å². The van der Waals surface area contributed by atoms with E-state index in [0.717, 1.165) is 17.9 Å². The van der Waals surface area contributed by atoms with Crippen molar-refractivity contribution in [1.82, 2.24) is 4.90 Å². The monoisotopic (exact) mass is 224 g/mol. The van der Waals surface area contributed by atoms with Gasteiger partial charge in [-0.15, -0.1) is 0 Å². The number of hydrogen-bond acceptors (Lipinski definition) is 2. The molecule has 2 aliphatic carbocycles. The standard InChI is InChI=1S/C14H28N2/c1-11(2)9-16(13-7-8-13)10-12-5-3-4-6-14(12)15/h11-14H,3-10,15H2,1-2H3. The smallest absolute Gasteiger partial charge is 0.00966 e. The normalized spacial score (nSPS) is 31.3. The zero-order valence-corrected chi connectivity index (χ0v) is 11.0. The van der Waals surface area contributed by atoms with Crippen LogP contribution in [0.2, 0.25) is 0 Å². The van der Waals surface area contributed by atoms with Crippen molar-refractivity contribution in [2.24, 2.45) is 17.6 Å². The summed E-state index contributed by atoms with van der Waals surface area (Å²) in [4.78, 5) is 2.72. The lowest BCUT2D eigenvalue weighted by Gasteiger charge is -2.34. The molecule has 0 radical (unpaired) electrons. The first-order valence-electron chi connectivity index (χ1n) is 7.16. The fourth-order valence-electron chi connectivity index (χ4n) is 3.05. The molecule has 2 heteroatoms. The summed E-state index contributed by atoms with van der Waals surface area (Å²) in [7, 11) is 0. The number of rotatable bonds is 5. The van der Waals surface area contributed by atoms with Crippen molar-refractivity contribution in [2.45, 2.75) is 64.5 Å². The zero-order chi connectivity index (χ0) is 11.5. The van der Waals surface area contributed by atoms with Gasteiger partial charge in [0.15, 0.2) is 0 Å². The molecule has 0 spiro atoms. The Morgan fingerprint density at radius 2 is 1.81 bits per heavy atom. The lowest BCUT2D eigenvalue weighted by atomic mass is 9.84. The van der Waals surface area contributed by atoms with Crippen LogP contribution in [0.4, 0.5) is 0 Å². The second-order valence-electron chi connectivity index (χ2n) is 6.29. The van der Waals surface area contributed by atoms with Gasteiger partial charge in [-0.3, -0.25) is 4.90 Å². The van der Waals surface area contributed by atoms with Gasteiger partial charge in [0.05, 0.1) is 0 Å². The van der Waals surface area contributed by atoms with Crippen LogP contribution >= 0.6 is 0 Å². The molecule has 0 aromatic heterocycles. The molecule has 94 valence electrons. The largest absolute Gasteiger partial charge is 0.327 e. The molecule has 2 N–H and O–H groups in total. The Morgan fingerprint density at radius 3 is 2.38 bits per heavy atom. The van der Waals surface area contributed by atoms with Crippen LogP contribution in [0.3, 0.4) is 0 Å². The Balaban J connectivity index is 1.83. The van der Waals surface area contributed by atoms with E-state index in [4.69, 9.17) is 5.73 Å². The summed E-state index contributed by atoms with van der Waals surface area (Å²) in [6, 6.07) is 1.37. The van der Waals surface area contributed by atoms with Crippen LogP contribution in [0.5, 0.6) is 0 Å². The van der Waals surface area contributed by atoms with Crippen molar-refractivity contribution in [1.29, 1.82) is 0 Å². The highest BCUT2D eigenvalue weighted by molar-refractivity contribution is 4.89. The molecule has 16 heavy (non-hydrogen) atoms. The van der Waals surface area contributed by atoms with Crippen LogP contribution in [0.1, 0.15) is 52.4 Å². The van der Waals surface area contributed by atoms with Gasteiger partial charge in [-0.1, -0.05) is 26.7 Å². The van der Waals surface area contributed by atoms with Crippen LogP contribution in [-0.2, 0) is 0 Å². The van der Waals surface area contributed by atoms with E-state index < -0.39 is 0 Å². The van der Waals surface area contributed by atoms with E-state index in [1.165, 1.54) is 51.6 Å². The first-order chi connectivity index (χ1) is 7.66. The third-order valence-electron chi connectivity index (χ3n) is 4.10. The lowest BCUT2D eigenvalue weighted by molar-refractivity contribution is 0.162. The quantitative estimate of drug-likeness (QED) is 0.778. The molecule has 0 saturated heterocycles. The lowest BCUT2D eigenvalue weighted by Crippen LogP contribution is -2.43. The van der Waals surface area contributed by atoms with Gasteiger partial charge in [0.2, 0.25) is 0 Å². The average Bonchev–Trinajstić information content (AvgIpc) is 3.03. The zero-order valence-electron chi connectivity index (χ0n) is 11.0. The average molecular weight is 224 g/mol. The maximum atomic E-state index is 6.25. The van der Waals surface area contributed by atoms with Crippen molar-refractivity contribution in [2.75, 3.05) is 13.1 Å². The van der Waals surface area contributed by atoms with Gasteiger partial charge in [0.1, 0.15) is 0 Å². The molecule has 2 unspecified atom stereocenters. The summed E-state index contributed by atoms with van der Waals surface area (Å²) in [6.45, 7) is 7.20. The number of hydrogen-bond donors (Lipinski definition) is 1. The van der Waals surface area contributed by atoms with Crippen LogP contribution in [0.25, 0.3) is 0 Å². The first kappa shape index (κ1) is 12.4. The second-order valence-corrected chi connectivity index (χ2v) is 6.29.